The molecule has 12 N–H and O–H groups in total. The van der Waals surface area contributed by atoms with Crippen LogP contribution in [0.2, 0.25) is 0 Å². The van der Waals surface area contributed by atoms with E-state index in [1.807, 2.05) is 4.90 Å². The molecule has 0 aliphatic carbocycles. The summed E-state index contributed by atoms with van der Waals surface area (Å²) >= 11 is 0. The van der Waals surface area contributed by atoms with Crippen molar-refractivity contribution in [3.8, 4) is 0 Å². The standard InChI is InChI=1S/C57H105N11O12/c1-17-19-20-21-22-23-25-41(58)51(77)68-27-24-26-43(68)48(74)61-42(31-36(7)30-40(71)32-39(70)18-2)47(73)60-38(9)46(72)64-55(10,11)53(79)63-44(34(3)4)49(75)62-45(35(5)6)50(76)65-57(14,15)54(80)66-56(12,13)52(78)59-37(8)33-67(16)28-29-69/h34-38,40-45,69,71H,17-33,58H2,1-16H3,(H,59,78)(H,60,73)(H,61,74)(H,62,75)(H,63,79)(H,64,72)(H,65,76)(H,66,80)/t36?,37?,38-,40?,41-,42-,43-,44-,45-/m0/s1. The van der Waals surface area contributed by atoms with Crippen LogP contribution in [0.25, 0.3) is 0 Å². The van der Waals surface area contributed by atoms with Crippen molar-refractivity contribution in [1.82, 2.24) is 52.3 Å². The maximum absolute atomic E-state index is 14.1. The van der Waals surface area contributed by atoms with Crippen LogP contribution in [-0.4, -0.2) is 177 Å². The SMILES string of the molecule is CCCCCCCC[C@H](N)C(=O)N1CCC[C@H]1C(=O)N[C@@H](CC(C)CC(O)CC(=O)CC)C(=O)N[C@@H](C)C(=O)NC(C)(C)C(=O)N[C@H](C(=O)N[C@H](C(=O)NC(C)(C)C(=O)NC(C)(C)C(=O)NC(C)CN(C)CCO)C(C)C)C(C)C. The van der Waals surface area contributed by atoms with Crippen molar-refractivity contribution < 1.29 is 58.2 Å². The van der Waals surface area contributed by atoms with Gasteiger partial charge in [-0.2, -0.15) is 0 Å². The first-order valence-corrected chi connectivity index (χ1v) is 29.1. The van der Waals surface area contributed by atoms with Crippen LogP contribution < -0.4 is 48.3 Å². The predicted octanol–water partition coefficient (Wildman–Crippen LogP) is 1.59. The van der Waals surface area contributed by atoms with Crippen molar-refractivity contribution in [1.29, 1.82) is 0 Å². The number of nitrogens with one attached hydrogen (secondary N) is 8. The Balaban J connectivity index is 3.18. The minimum absolute atomic E-state index is 0.00496. The maximum Gasteiger partial charge on any atom is 0.246 e. The number of likely N-dealkylation sites (N-methyl/N-ethyl adjacent to an activating group) is 1. The van der Waals surface area contributed by atoms with Gasteiger partial charge in [0.05, 0.1) is 18.8 Å². The first-order valence-electron chi connectivity index (χ1n) is 29.1. The second-order valence-corrected chi connectivity index (χ2v) is 24.6. The molecule has 1 heterocycles. The Hall–Kier alpha value is -5.26. The van der Waals surface area contributed by atoms with Crippen LogP contribution in [0.3, 0.4) is 0 Å². The molecule has 23 heteroatoms. The molecule has 0 aromatic carbocycles. The number of nitrogens with two attached hydrogens (primary N) is 1. The quantitative estimate of drug-likeness (QED) is 0.0394. The maximum atomic E-state index is 14.1. The number of carbonyl (C=O) groups excluding carboxylic acids is 10. The number of hydrogen-bond donors (Lipinski definition) is 11. The number of amides is 9. The van der Waals surface area contributed by atoms with Crippen LogP contribution in [0.4, 0.5) is 0 Å². The fourth-order valence-electron chi connectivity index (χ4n) is 9.34. The summed E-state index contributed by atoms with van der Waals surface area (Å²) < 4.78 is 0. The largest absolute Gasteiger partial charge is 0.395 e. The van der Waals surface area contributed by atoms with E-state index in [0.717, 1.165) is 38.5 Å². The number of hydrogen-bond acceptors (Lipinski definition) is 14. The number of Topliss-reactive ketones (excluding diaryl/α,β-unsaturated/α-hetero) is 1. The third-order valence-electron chi connectivity index (χ3n) is 14.5. The van der Waals surface area contributed by atoms with Crippen LogP contribution >= 0.6 is 0 Å². The van der Waals surface area contributed by atoms with Gasteiger partial charge in [0.25, 0.3) is 0 Å². The number of carbonyl (C=O) groups is 10. The zero-order chi connectivity index (χ0) is 61.5. The highest BCUT2D eigenvalue weighted by Crippen LogP contribution is 2.22. The molecule has 80 heavy (non-hydrogen) atoms. The lowest BCUT2D eigenvalue weighted by atomic mass is 9.92. The fourth-order valence-corrected chi connectivity index (χ4v) is 9.34. The third-order valence-corrected chi connectivity index (χ3v) is 14.5. The first-order chi connectivity index (χ1) is 37.0. The normalized spacial score (nSPS) is 17.0. The lowest BCUT2D eigenvalue weighted by molar-refractivity contribution is -0.141. The van der Waals surface area contributed by atoms with Gasteiger partial charge >= 0.3 is 0 Å². The lowest BCUT2D eigenvalue weighted by Gasteiger charge is -2.35. The van der Waals surface area contributed by atoms with Gasteiger partial charge in [-0.05, 0) is 112 Å². The minimum Gasteiger partial charge on any atom is -0.395 e. The van der Waals surface area contributed by atoms with E-state index in [4.69, 9.17) is 5.73 Å². The van der Waals surface area contributed by atoms with Crippen molar-refractivity contribution in [3.63, 3.8) is 0 Å². The average molecular weight is 1140 g/mol. The molecule has 0 saturated carbocycles. The van der Waals surface area contributed by atoms with Crippen molar-refractivity contribution in [2.24, 2.45) is 23.5 Å². The number of aliphatic hydroxyl groups is 2. The van der Waals surface area contributed by atoms with Gasteiger partial charge in [-0.3, -0.25) is 47.9 Å². The highest BCUT2D eigenvalue weighted by molar-refractivity contribution is 6.00. The topological polar surface area (TPSA) is 340 Å². The molecule has 23 nitrogen and oxygen atoms in total. The molecule has 0 aromatic rings. The molecule has 9 amide bonds. The van der Waals surface area contributed by atoms with Crippen molar-refractivity contribution >= 4 is 58.9 Å². The monoisotopic (exact) mass is 1140 g/mol. The molecule has 460 valence electrons. The molecule has 1 aliphatic heterocycles. The Bertz CT molecular complexity index is 2070. The molecule has 9 atom stereocenters. The van der Waals surface area contributed by atoms with Gasteiger partial charge in [-0.1, -0.05) is 87.0 Å². The summed E-state index contributed by atoms with van der Waals surface area (Å²) in [5.74, 6) is -7.37. The molecule has 0 aromatic heterocycles. The van der Waals surface area contributed by atoms with E-state index >= 15 is 0 Å². The van der Waals surface area contributed by atoms with Crippen molar-refractivity contribution in [3.05, 3.63) is 0 Å². The van der Waals surface area contributed by atoms with Crippen LogP contribution in [0.5, 0.6) is 0 Å². The third kappa shape index (κ3) is 24.8. The zero-order valence-corrected chi connectivity index (χ0v) is 51.3. The molecule has 0 bridgehead atoms. The summed E-state index contributed by atoms with van der Waals surface area (Å²) in [4.78, 5) is 140. The molecule has 0 radical (unpaired) electrons. The van der Waals surface area contributed by atoms with E-state index in [9.17, 15) is 58.2 Å². The summed E-state index contributed by atoms with van der Waals surface area (Å²) in [7, 11) is 1.80. The Morgan fingerprint density at radius 1 is 0.650 bits per heavy atom. The van der Waals surface area contributed by atoms with Crippen LogP contribution in [0, 0.1) is 17.8 Å². The Morgan fingerprint density at radius 2 is 1.19 bits per heavy atom. The summed E-state index contributed by atoms with van der Waals surface area (Å²) in [6.45, 7) is 25.4. The number of rotatable bonds is 37. The van der Waals surface area contributed by atoms with Crippen molar-refractivity contribution in [2.45, 2.75) is 252 Å². The highest BCUT2D eigenvalue weighted by Gasteiger charge is 2.42. The Morgan fingerprint density at radius 3 is 1.76 bits per heavy atom. The lowest BCUT2D eigenvalue weighted by Crippen LogP contribution is -2.66. The van der Waals surface area contributed by atoms with E-state index in [2.05, 4.69) is 49.5 Å². The van der Waals surface area contributed by atoms with Gasteiger partial charge in [0, 0.05) is 38.5 Å². The first kappa shape index (κ1) is 72.8. The number of aliphatic hydroxyl groups excluding tert-OH is 2. The molecular weight excluding hydrogens is 1030 g/mol. The summed E-state index contributed by atoms with van der Waals surface area (Å²) in [6.07, 6.45) is 6.87. The van der Waals surface area contributed by atoms with Crippen LogP contribution in [-0.2, 0) is 47.9 Å². The molecule has 1 fully saturated rings. The molecule has 0 spiro atoms. The summed E-state index contributed by atoms with van der Waals surface area (Å²) in [5.41, 5.74) is 1.70. The van der Waals surface area contributed by atoms with Crippen LogP contribution in [0.1, 0.15) is 187 Å². The number of likely N-dealkylation sites (tertiary alicyclic amines) is 1. The Labute approximate surface area is 477 Å². The average Bonchev–Trinajstić information content (AvgIpc) is 3.84. The van der Waals surface area contributed by atoms with Crippen LogP contribution in [0.15, 0.2) is 0 Å². The minimum atomic E-state index is -1.68. The molecule has 1 rings (SSSR count). The number of unbranched alkanes of at least 4 members (excludes halogenated alkanes) is 5. The number of nitrogens with zero attached hydrogens (tertiary/aromatic N) is 2. The van der Waals surface area contributed by atoms with Gasteiger partial charge in [0.1, 0.15) is 52.6 Å². The van der Waals surface area contributed by atoms with Gasteiger partial charge in [-0.25, -0.2) is 0 Å². The summed E-state index contributed by atoms with van der Waals surface area (Å²) in [5, 5.41) is 41.6. The fraction of sp³-hybridized carbons (Fsp3) is 0.825. The zero-order valence-electron chi connectivity index (χ0n) is 51.3. The second-order valence-electron chi connectivity index (χ2n) is 24.6. The van der Waals surface area contributed by atoms with Crippen molar-refractivity contribution in [2.75, 3.05) is 33.3 Å². The summed E-state index contributed by atoms with van der Waals surface area (Å²) in [6, 6.07) is -6.92. The molecule has 1 saturated heterocycles. The van der Waals surface area contributed by atoms with Gasteiger partial charge in [0.2, 0.25) is 53.2 Å². The highest BCUT2D eigenvalue weighted by atomic mass is 16.3. The van der Waals surface area contributed by atoms with E-state index in [-0.39, 0.29) is 50.0 Å². The predicted molar refractivity (Wildman–Crippen MR) is 307 cm³/mol. The second kappa shape index (κ2) is 34.2. The van der Waals surface area contributed by atoms with E-state index < -0.39 is 124 Å². The molecular formula is C57H105N11O12. The number of ketones is 1. The van der Waals surface area contributed by atoms with E-state index in [1.54, 1.807) is 55.5 Å². The van der Waals surface area contributed by atoms with Gasteiger partial charge in [-0.15, -0.1) is 0 Å². The van der Waals surface area contributed by atoms with E-state index in [0.29, 0.717) is 38.9 Å². The molecule has 1 aliphatic rings. The van der Waals surface area contributed by atoms with Gasteiger partial charge < -0.3 is 68.3 Å². The smallest absolute Gasteiger partial charge is 0.246 e. The van der Waals surface area contributed by atoms with E-state index in [1.165, 1.54) is 53.4 Å². The Kier molecular flexibility index (Phi) is 31.1. The molecule has 3 unspecified atom stereocenters. The van der Waals surface area contributed by atoms with Gasteiger partial charge in [0.15, 0.2) is 0 Å².